The van der Waals surface area contributed by atoms with Crippen molar-refractivity contribution in [3.05, 3.63) is 68.7 Å². The second-order valence-corrected chi connectivity index (χ2v) is 6.36. The van der Waals surface area contributed by atoms with Crippen molar-refractivity contribution < 1.29 is 4.79 Å². The summed E-state index contributed by atoms with van der Waals surface area (Å²) in [6.45, 7) is 0. The fourth-order valence-electron chi connectivity index (χ4n) is 2.92. The Morgan fingerprint density at radius 1 is 0.952 bits per heavy atom. The molecule has 0 spiro atoms. The lowest BCUT2D eigenvalue weighted by molar-refractivity contribution is -0.117. The Hall–Kier alpha value is -1.31. The lowest BCUT2D eigenvalue weighted by Gasteiger charge is -2.07. The normalized spacial score (nSPS) is 13.2. The second kappa shape index (κ2) is 6.21. The van der Waals surface area contributed by atoms with E-state index in [4.69, 9.17) is 23.2 Å². The van der Waals surface area contributed by atoms with Crippen molar-refractivity contribution in [2.24, 2.45) is 0 Å². The fraction of sp³-hybridized carbons (Fsp3) is 0.278. The Bertz CT molecular complexity index is 671. The van der Waals surface area contributed by atoms with Gasteiger partial charge >= 0.3 is 0 Å². The fourth-order valence-corrected chi connectivity index (χ4v) is 3.45. The minimum absolute atomic E-state index is 0.142. The molecule has 0 heterocycles. The van der Waals surface area contributed by atoms with Gasteiger partial charge in [0.25, 0.3) is 0 Å². The molecule has 0 bridgehead atoms. The predicted octanol–water partition coefficient (Wildman–Crippen LogP) is 4.84. The molecule has 0 saturated heterocycles. The van der Waals surface area contributed by atoms with Crippen molar-refractivity contribution in [1.29, 1.82) is 0 Å². The molecule has 3 rings (SSSR count). The molecule has 0 amide bonds. The first-order valence-electron chi connectivity index (χ1n) is 7.19. The smallest absolute Gasteiger partial charge is 0.141 e. The van der Waals surface area contributed by atoms with Gasteiger partial charge in [-0.1, -0.05) is 47.5 Å². The van der Waals surface area contributed by atoms with Gasteiger partial charge in [-0.15, -0.1) is 0 Å². The van der Waals surface area contributed by atoms with Gasteiger partial charge in [-0.3, -0.25) is 4.79 Å². The van der Waals surface area contributed by atoms with Crippen molar-refractivity contribution in [2.45, 2.75) is 32.1 Å². The number of carbonyl (C=O) groups excluding carboxylic acids is 1. The van der Waals surface area contributed by atoms with E-state index in [1.807, 2.05) is 0 Å². The molecule has 1 aliphatic rings. The summed E-state index contributed by atoms with van der Waals surface area (Å²) in [6.07, 6.45) is 4.25. The molecule has 0 fully saturated rings. The van der Waals surface area contributed by atoms with E-state index >= 15 is 0 Å². The van der Waals surface area contributed by atoms with Crippen LogP contribution in [0.15, 0.2) is 36.4 Å². The number of aryl methyl sites for hydroxylation is 2. The standard InChI is InChI=1S/C18H16Cl2O/c19-17-5-2-6-18(20)16(17)11-15(21)10-12-7-8-13-3-1-4-14(13)9-12/h2,5-9H,1,3-4,10-11H2. The average Bonchev–Trinajstić information content (AvgIpc) is 2.90. The van der Waals surface area contributed by atoms with E-state index in [-0.39, 0.29) is 12.2 Å². The SMILES string of the molecule is O=C(Cc1ccc2c(c1)CCC2)Cc1c(Cl)cccc1Cl. The number of rotatable bonds is 4. The van der Waals surface area contributed by atoms with E-state index in [1.165, 1.54) is 24.0 Å². The van der Waals surface area contributed by atoms with Crippen LogP contribution in [0, 0.1) is 0 Å². The molecule has 2 aromatic carbocycles. The highest BCUT2D eigenvalue weighted by molar-refractivity contribution is 6.36. The van der Waals surface area contributed by atoms with Gasteiger partial charge in [0, 0.05) is 22.9 Å². The molecule has 0 unspecified atom stereocenters. The van der Waals surface area contributed by atoms with Crippen LogP contribution in [-0.2, 0) is 30.5 Å². The van der Waals surface area contributed by atoms with Crippen molar-refractivity contribution >= 4 is 29.0 Å². The van der Waals surface area contributed by atoms with Gasteiger partial charge < -0.3 is 0 Å². The summed E-state index contributed by atoms with van der Waals surface area (Å²) < 4.78 is 0. The van der Waals surface area contributed by atoms with E-state index in [0.29, 0.717) is 16.5 Å². The summed E-state index contributed by atoms with van der Waals surface area (Å²) in [4.78, 5) is 12.3. The quantitative estimate of drug-likeness (QED) is 0.788. The van der Waals surface area contributed by atoms with E-state index in [0.717, 1.165) is 17.5 Å². The van der Waals surface area contributed by atoms with Crippen molar-refractivity contribution in [1.82, 2.24) is 0 Å². The number of Topliss-reactive ketones (excluding diaryl/α,β-unsaturated/α-hetero) is 1. The maximum absolute atomic E-state index is 12.3. The third kappa shape index (κ3) is 3.30. The topological polar surface area (TPSA) is 17.1 Å². The summed E-state index contributed by atoms with van der Waals surface area (Å²) in [5, 5.41) is 1.12. The first-order valence-corrected chi connectivity index (χ1v) is 7.94. The maximum atomic E-state index is 12.3. The third-order valence-corrected chi connectivity index (χ3v) is 4.71. The summed E-state index contributed by atoms with van der Waals surface area (Å²) in [6, 6.07) is 11.7. The number of benzene rings is 2. The molecule has 1 nitrogen and oxygen atoms in total. The van der Waals surface area contributed by atoms with Gasteiger partial charge in [0.1, 0.15) is 5.78 Å². The van der Waals surface area contributed by atoms with Gasteiger partial charge in [-0.05, 0) is 53.6 Å². The lowest BCUT2D eigenvalue weighted by atomic mass is 9.99. The molecule has 21 heavy (non-hydrogen) atoms. The van der Waals surface area contributed by atoms with Gasteiger partial charge in [0.2, 0.25) is 0 Å². The molecule has 1 aliphatic carbocycles. The molecule has 0 saturated carbocycles. The van der Waals surface area contributed by atoms with E-state index < -0.39 is 0 Å². The monoisotopic (exact) mass is 318 g/mol. The number of fused-ring (bicyclic) bond motifs is 1. The summed E-state index contributed by atoms with van der Waals surface area (Å²) >= 11 is 12.2. The largest absolute Gasteiger partial charge is 0.299 e. The highest BCUT2D eigenvalue weighted by Crippen LogP contribution is 2.26. The zero-order valence-electron chi connectivity index (χ0n) is 11.7. The van der Waals surface area contributed by atoms with Crippen LogP contribution in [0.25, 0.3) is 0 Å². The van der Waals surface area contributed by atoms with Gasteiger partial charge in [-0.25, -0.2) is 0 Å². The number of carbonyl (C=O) groups is 1. The molecule has 0 radical (unpaired) electrons. The lowest BCUT2D eigenvalue weighted by Crippen LogP contribution is -2.08. The molecule has 2 aromatic rings. The molecular formula is C18H16Cl2O. The third-order valence-electron chi connectivity index (χ3n) is 4.00. The zero-order chi connectivity index (χ0) is 14.8. The Kier molecular flexibility index (Phi) is 4.32. The highest BCUT2D eigenvalue weighted by atomic mass is 35.5. The highest BCUT2D eigenvalue weighted by Gasteiger charge is 2.14. The molecule has 0 atom stereocenters. The van der Waals surface area contributed by atoms with Crippen LogP contribution in [-0.4, -0.2) is 5.78 Å². The van der Waals surface area contributed by atoms with Crippen LogP contribution in [0.5, 0.6) is 0 Å². The van der Waals surface area contributed by atoms with Gasteiger partial charge in [-0.2, -0.15) is 0 Å². The van der Waals surface area contributed by atoms with Gasteiger partial charge in [0.05, 0.1) is 0 Å². The first-order chi connectivity index (χ1) is 10.1. The van der Waals surface area contributed by atoms with Crippen LogP contribution in [0.3, 0.4) is 0 Å². The summed E-state index contributed by atoms with van der Waals surface area (Å²) in [5.41, 5.74) is 4.65. The number of hydrogen-bond acceptors (Lipinski definition) is 1. The van der Waals surface area contributed by atoms with Gasteiger partial charge in [0.15, 0.2) is 0 Å². The number of hydrogen-bond donors (Lipinski definition) is 0. The molecule has 108 valence electrons. The molecule has 0 aliphatic heterocycles. The van der Waals surface area contributed by atoms with Crippen LogP contribution >= 0.6 is 23.2 Å². The number of halogens is 2. The first kappa shape index (κ1) is 14.6. The van der Waals surface area contributed by atoms with Crippen LogP contribution < -0.4 is 0 Å². The van der Waals surface area contributed by atoms with E-state index in [2.05, 4.69) is 18.2 Å². The molecular weight excluding hydrogens is 303 g/mol. The van der Waals surface area contributed by atoms with Crippen LogP contribution in [0.4, 0.5) is 0 Å². The average molecular weight is 319 g/mol. The molecule has 0 aromatic heterocycles. The van der Waals surface area contributed by atoms with E-state index in [1.54, 1.807) is 18.2 Å². The Morgan fingerprint density at radius 2 is 1.67 bits per heavy atom. The Labute approximate surface area is 134 Å². The minimum atomic E-state index is 0.142. The van der Waals surface area contributed by atoms with E-state index in [9.17, 15) is 4.79 Å². The second-order valence-electron chi connectivity index (χ2n) is 5.55. The molecule has 0 N–H and O–H groups in total. The minimum Gasteiger partial charge on any atom is -0.299 e. The molecule has 3 heteroatoms. The zero-order valence-corrected chi connectivity index (χ0v) is 13.2. The number of ketones is 1. The van der Waals surface area contributed by atoms with Crippen molar-refractivity contribution in [3.8, 4) is 0 Å². The van der Waals surface area contributed by atoms with Crippen LogP contribution in [0.1, 0.15) is 28.7 Å². The Balaban J connectivity index is 1.72. The van der Waals surface area contributed by atoms with Crippen LogP contribution in [0.2, 0.25) is 10.0 Å². The Morgan fingerprint density at radius 3 is 2.43 bits per heavy atom. The van der Waals surface area contributed by atoms with Crippen molar-refractivity contribution in [3.63, 3.8) is 0 Å². The summed E-state index contributed by atoms with van der Waals surface area (Å²) in [7, 11) is 0. The predicted molar refractivity (Wildman–Crippen MR) is 87.3 cm³/mol. The summed E-state index contributed by atoms with van der Waals surface area (Å²) in [5.74, 6) is 0.142. The van der Waals surface area contributed by atoms with Crippen molar-refractivity contribution in [2.75, 3.05) is 0 Å². The maximum Gasteiger partial charge on any atom is 0.141 e.